The molecule has 0 bridgehead atoms. The standard InChI is InChI=1S/C24H19N3O3S/c25-15-17-6-4-7-18(14-17)16-27-23(29)21(19-8-2-1-3-9-19)22(28)26(24(27)30)12-11-20-10-5-13-31-20/h1-10,13-14,21H,11-12,16H2. The lowest BCUT2D eigenvalue weighted by Crippen LogP contribution is -2.58. The summed E-state index contributed by atoms with van der Waals surface area (Å²) in [5.41, 5.74) is 1.65. The molecule has 4 rings (SSSR count). The van der Waals surface area contributed by atoms with Crippen LogP contribution < -0.4 is 0 Å². The Kier molecular flexibility index (Phi) is 5.92. The molecule has 0 radical (unpaired) electrons. The summed E-state index contributed by atoms with van der Waals surface area (Å²) in [6.07, 6.45) is 0.530. The summed E-state index contributed by atoms with van der Waals surface area (Å²) in [6.45, 7) is 0.197. The van der Waals surface area contributed by atoms with Crippen molar-refractivity contribution in [2.24, 2.45) is 0 Å². The molecule has 0 N–H and O–H groups in total. The molecule has 0 aliphatic carbocycles. The van der Waals surface area contributed by atoms with Crippen molar-refractivity contribution in [3.8, 4) is 6.07 Å². The predicted molar refractivity (Wildman–Crippen MR) is 116 cm³/mol. The molecular formula is C24H19N3O3S. The Hall–Kier alpha value is -3.76. The van der Waals surface area contributed by atoms with Crippen LogP contribution in [0.2, 0.25) is 0 Å². The summed E-state index contributed by atoms with van der Waals surface area (Å²) in [4.78, 5) is 43.0. The lowest BCUT2D eigenvalue weighted by molar-refractivity contribution is -0.145. The molecular weight excluding hydrogens is 410 g/mol. The predicted octanol–water partition coefficient (Wildman–Crippen LogP) is 3.94. The van der Waals surface area contributed by atoms with Crippen LogP contribution in [0.1, 0.15) is 27.5 Å². The van der Waals surface area contributed by atoms with Crippen LogP contribution in [0.25, 0.3) is 0 Å². The summed E-state index contributed by atoms with van der Waals surface area (Å²) in [5.74, 6) is -2.11. The first kappa shape index (κ1) is 20.5. The highest BCUT2D eigenvalue weighted by atomic mass is 32.1. The minimum atomic E-state index is -1.07. The zero-order valence-electron chi connectivity index (χ0n) is 16.6. The molecule has 3 aromatic rings. The number of thiophene rings is 1. The van der Waals surface area contributed by atoms with Crippen molar-refractivity contribution >= 4 is 29.2 Å². The molecule has 1 aromatic heterocycles. The summed E-state index contributed by atoms with van der Waals surface area (Å²) in [5, 5.41) is 11.1. The van der Waals surface area contributed by atoms with Gasteiger partial charge in [0.05, 0.1) is 18.2 Å². The Morgan fingerprint density at radius 3 is 2.39 bits per heavy atom. The SMILES string of the molecule is N#Cc1cccc(CN2C(=O)C(c3ccccc3)C(=O)N(CCc3cccs3)C2=O)c1. The second-order valence-corrected chi connectivity index (χ2v) is 8.21. The van der Waals surface area contributed by atoms with E-state index >= 15 is 0 Å². The van der Waals surface area contributed by atoms with E-state index in [0.717, 1.165) is 9.78 Å². The third-order valence-electron chi connectivity index (χ3n) is 5.18. The van der Waals surface area contributed by atoms with E-state index in [9.17, 15) is 14.4 Å². The van der Waals surface area contributed by atoms with Crippen LogP contribution in [-0.4, -0.2) is 34.2 Å². The Balaban J connectivity index is 1.66. The molecule has 1 saturated heterocycles. The van der Waals surface area contributed by atoms with Crippen molar-refractivity contribution in [2.75, 3.05) is 6.54 Å². The van der Waals surface area contributed by atoms with E-state index < -0.39 is 23.8 Å². The second-order valence-electron chi connectivity index (χ2n) is 7.18. The number of nitrogens with zero attached hydrogens (tertiary/aromatic N) is 3. The number of hydrogen-bond acceptors (Lipinski definition) is 5. The third kappa shape index (κ3) is 4.25. The van der Waals surface area contributed by atoms with Gasteiger partial charge in [0, 0.05) is 11.4 Å². The van der Waals surface area contributed by atoms with Crippen molar-refractivity contribution in [3.63, 3.8) is 0 Å². The average molecular weight is 430 g/mol. The topological polar surface area (TPSA) is 81.5 Å². The molecule has 2 aromatic carbocycles. The molecule has 4 amide bonds. The van der Waals surface area contributed by atoms with E-state index in [4.69, 9.17) is 5.26 Å². The van der Waals surface area contributed by atoms with Gasteiger partial charge in [-0.3, -0.25) is 19.4 Å². The molecule has 7 heteroatoms. The molecule has 154 valence electrons. The van der Waals surface area contributed by atoms with Gasteiger partial charge in [-0.05, 0) is 41.1 Å². The van der Waals surface area contributed by atoms with Crippen molar-refractivity contribution in [1.29, 1.82) is 5.26 Å². The zero-order valence-corrected chi connectivity index (χ0v) is 17.4. The van der Waals surface area contributed by atoms with Gasteiger partial charge < -0.3 is 0 Å². The molecule has 1 fully saturated rings. The minimum absolute atomic E-state index is 0.000692. The quantitative estimate of drug-likeness (QED) is 0.556. The fourth-order valence-electron chi connectivity index (χ4n) is 3.63. The largest absolute Gasteiger partial charge is 0.333 e. The number of benzene rings is 2. The monoisotopic (exact) mass is 429 g/mol. The molecule has 1 aliphatic rings. The van der Waals surface area contributed by atoms with Crippen molar-refractivity contribution in [2.45, 2.75) is 18.9 Å². The van der Waals surface area contributed by atoms with Gasteiger partial charge in [-0.15, -0.1) is 11.3 Å². The Bertz CT molecular complexity index is 1150. The van der Waals surface area contributed by atoms with Gasteiger partial charge in [0.2, 0.25) is 11.8 Å². The zero-order chi connectivity index (χ0) is 21.8. The maximum Gasteiger partial charge on any atom is 0.333 e. The van der Waals surface area contributed by atoms with Crippen molar-refractivity contribution in [3.05, 3.63) is 93.7 Å². The minimum Gasteiger partial charge on any atom is -0.273 e. The summed E-state index contributed by atoms with van der Waals surface area (Å²) in [6, 6.07) is 20.9. The van der Waals surface area contributed by atoms with E-state index in [1.54, 1.807) is 59.9 Å². The third-order valence-corrected chi connectivity index (χ3v) is 6.12. The van der Waals surface area contributed by atoms with Crippen LogP contribution >= 0.6 is 11.3 Å². The molecule has 0 spiro atoms. The molecule has 6 nitrogen and oxygen atoms in total. The molecule has 1 atom stereocenters. The maximum absolute atomic E-state index is 13.3. The molecule has 1 aliphatic heterocycles. The van der Waals surface area contributed by atoms with Crippen molar-refractivity contribution < 1.29 is 14.4 Å². The van der Waals surface area contributed by atoms with Crippen molar-refractivity contribution in [1.82, 2.24) is 9.80 Å². The van der Waals surface area contributed by atoms with Crippen LogP contribution in [0.4, 0.5) is 4.79 Å². The number of barbiturate groups is 1. The second kappa shape index (κ2) is 8.94. The highest BCUT2D eigenvalue weighted by molar-refractivity contribution is 7.09. The smallest absolute Gasteiger partial charge is 0.273 e. The van der Waals surface area contributed by atoms with Gasteiger partial charge in [-0.2, -0.15) is 5.26 Å². The number of carbonyl (C=O) groups excluding carboxylic acids is 3. The highest BCUT2D eigenvalue weighted by Crippen LogP contribution is 2.29. The Labute approximate surface area is 183 Å². The number of urea groups is 1. The molecule has 31 heavy (non-hydrogen) atoms. The van der Waals surface area contributed by atoms with E-state index in [1.807, 2.05) is 23.6 Å². The van der Waals surface area contributed by atoms with Crippen LogP contribution in [0, 0.1) is 11.3 Å². The van der Waals surface area contributed by atoms with E-state index in [-0.39, 0.29) is 13.1 Å². The lowest BCUT2D eigenvalue weighted by atomic mass is 9.93. The molecule has 0 saturated carbocycles. The Morgan fingerprint density at radius 2 is 1.68 bits per heavy atom. The van der Waals surface area contributed by atoms with E-state index in [0.29, 0.717) is 23.1 Å². The van der Waals surface area contributed by atoms with E-state index in [2.05, 4.69) is 6.07 Å². The highest BCUT2D eigenvalue weighted by Gasteiger charge is 2.46. The first-order valence-electron chi connectivity index (χ1n) is 9.81. The van der Waals surface area contributed by atoms with Gasteiger partial charge in [-0.1, -0.05) is 48.5 Å². The first-order valence-corrected chi connectivity index (χ1v) is 10.7. The van der Waals surface area contributed by atoms with Crippen LogP contribution in [0.5, 0.6) is 0 Å². The number of imide groups is 2. The van der Waals surface area contributed by atoms with Gasteiger partial charge in [0.25, 0.3) is 0 Å². The van der Waals surface area contributed by atoms with Gasteiger partial charge in [-0.25, -0.2) is 4.79 Å². The first-order chi connectivity index (χ1) is 15.1. The number of hydrogen-bond donors (Lipinski definition) is 0. The summed E-state index contributed by atoms with van der Waals surface area (Å²) < 4.78 is 0. The number of rotatable bonds is 6. The van der Waals surface area contributed by atoms with Gasteiger partial charge >= 0.3 is 6.03 Å². The van der Waals surface area contributed by atoms with Crippen LogP contribution in [-0.2, 0) is 22.6 Å². The normalized spacial score (nSPS) is 16.5. The fraction of sp³-hybridized carbons (Fsp3) is 0.167. The van der Waals surface area contributed by atoms with E-state index in [1.165, 1.54) is 4.90 Å². The molecule has 1 unspecified atom stereocenters. The maximum atomic E-state index is 13.3. The summed E-state index contributed by atoms with van der Waals surface area (Å²) >= 11 is 1.56. The average Bonchev–Trinajstić information content (AvgIpc) is 3.31. The molecule has 2 heterocycles. The lowest BCUT2D eigenvalue weighted by Gasteiger charge is -2.37. The number of nitriles is 1. The fourth-order valence-corrected chi connectivity index (χ4v) is 4.33. The number of amides is 4. The van der Waals surface area contributed by atoms with Crippen LogP contribution in [0.3, 0.4) is 0 Å². The van der Waals surface area contributed by atoms with Gasteiger partial charge in [0.1, 0.15) is 5.92 Å². The Morgan fingerprint density at radius 1 is 0.903 bits per heavy atom. The number of carbonyl (C=O) groups is 3. The van der Waals surface area contributed by atoms with Gasteiger partial charge in [0.15, 0.2) is 0 Å². The summed E-state index contributed by atoms with van der Waals surface area (Å²) in [7, 11) is 0. The van der Waals surface area contributed by atoms with Crippen LogP contribution in [0.15, 0.2) is 72.1 Å².